The third-order valence-electron chi connectivity index (χ3n) is 4.49. The first-order valence-electron chi connectivity index (χ1n) is 9.25. The molecule has 156 valence electrons. The van der Waals surface area contributed by atoms with E-state index in [1.54, 1.807) is 13.2 Å². The predicted molar refractivity (Wildman–Crippen MR) is 119 cm³/mol. The van der Waals surface area contributed by atoms with E-state index in [0.717, 1.165) is 11.4 Å². The Morgan fingerprint density at radius 3 is 2.79 bits per heavy atom. The van der Waals surface area contributed by atoms with E-state index in [1.165, 1.54) is 11.8 Å². The van der Waals surface area contributed by atoms with Crippen LogP contribution >= 0.6 is 24.2 Å². The minimum atomic E-state index is -0.128. The number of ether oxygens (including phenoxy) is 1. The number of benzene rings is 2. The lowest BCUT2D eigenvalue weighted by Gasteiger charge is -2.32. The number of amides is 2. The number of hydrogen-bond acceptors (Lipinski definition) is 5. The van der Waals surface area contributed by atoms with Crippen LogP contribution in [0.2, 0.25) is 0 Å². The van der Waals surface area contributed by atoms with Gasteiger partial charge >= 0.3 is 0 Å². The fourth-order valence-corrected chi connectivity index (χ4v) is 3.94. The van der Waals surface area contributed by atoms with E-state index in [1.807, 2.05) is 47.4 Å². The van der Waals surface area contributed by atoms with Crippen molar-refractivity contribution >= 4 is 41.7 Å². The van der Waals surface area contributed by atoms with Gasteiger partial charge in [-0.05, 0) is 31.2 Å². The monoisotopic (exact) mass is 435 g/mol. The normalized spacial score (nSPS) is 15.9. The minimum absolute atomic E-state index is 0. The van der Waals surface area contributed by atoms with Gasteiger partial charge in [0.05, 0.1) is 18.4 Å². The van der Waals surface area contributed by atoms with Crippen molar-refractivity contribution in [3.05, 3.63) is 54.1 Å². The van der Waals surface area contributed by atoms with Crippen LogP contribution < -0.4 is 15.4 Å². The predicted octanol–water partition coefficient (Wildman–Crippen LogP) is 3.28. The summed E-state index contributed by atoms with van der Waals surface area (Å²) in [7, 11) is 1.59. The number of anilines is 1. The first-order valence-corrected chi connectivity index (χ1v) is 10.2. The molecule has 1 heterocycles. The lowest BCUT2D eigenvalue weighted by Crippen LogP contribution is -2.51. The van der Waals surface area contributed by atoms with Gasteiger partial charge in [0.1, 0.15) is 5.75 Å². The van der Waals surface area contributed by atoms with Crippen LogP contribution in [0.5, 0.6) is 5.75 Å². The zero-order valence-corrected chi connectivity index (χ0v) is 18.1. The van der Waals surface area contributed by atoms with Crippen molar-refractivity contribution in [3.8, 4) is 5.75 Å². The van der Waals surface area contributed by atoms with E-state index in [2.05, 4.69) is 17.6 Å². The molecule has 2 aromatic carbocycles. The number of nitrogens with zero attached hydrogens (tertiary/aromatic N) is 1. The SMILES string of the molecule is COc1cccc(NC(=O)CSc2ccccc2C(=O)N2CCNC(C)C2)c1.Cl. The number of carbonyl (C=O) groups is 2. The maximum Gasteiger partial charge on any atom is 0.255 e. The molecule has 2 N–H and O–H groups in total. The molecule has 0 saturated carbocycles. The van der Waals surface area contributed by atoms with Crippen molar-refractivity contribution in [1.29, 1.82) is 0 Å². The Hall–Kier alpha value is -2.22. The highest BCUT2D eigenvalue weighted by molar-refractivity contribution is 8.00. The topological polar surface area (TPSA) is 70.7 Å². The van der Waals surface area contributed by atoms with Crippen molar-refractivity contribution in [2.24, 2.45) is 0 Å². The van der Waals surface area contributed by atoms with Gasteiger partial charge in [-0.3, -0.25) is 9.59 Å². The third kappa shape index (κ3) is 6.39. The standard InChI is InChI=1S/C21H25N3O3S.ClH/c1-15-13-24(11-10-22-15)21(26)18-8-3-4-9-19(18)28-14-20(25)23-16-6-5-7-17(12-16)27-2;/h3-9,12,15,22H,10-11,13-14H2,1-2H3,(H,23,25);1H. The fourth-order valence-electron chi connectivity index (χ4n) is 3.10. The van der Waals surface area contributed by atoms with Gasteiger partial charge in [0.2, 0.25) is 5.91 Å². The van der Waals surface area contributed by atoms with Gasteiger partial charge in [-0.2, -0.15) is 0 Å². The molecule has 0 spiro atoms. The molecule has 29 heavy (non-hydrogen) atoms. The smallest absolute Gasteiger partial charge is 0.255 e. The largest absolute Gasteiger partial charge is 0.497 e. The highest BCUT2D eigenvalue weighted by Gasteiger charge is 2.23. The number of nitrogens with one attached hydrogen (secondary N) is 2. The molecule has 8 heteroatoms. The molecule has 0 aromatic heterocycles. The van der Waals surface area contributed by atoms with Crippen LogP contribution in [0, 0.1) is 0 Å². The van der Waals surface area contributed by atoms with Crippen molar-refractivity contribution in [2.45, 2.75) is 17.9 Å². The minimum Gasteiger partial charge on any atom is -0.497 e. The molecule has 1 saturated heterocycles. The fraction of sp³-hybridized carbons (Fsp3) is 0.333. The number of methoxy groups -OCH3 is 1. The summed E-state index contributed by atoms with van der Waals surface area (Å²) in [6.07, 6.45) is 0. The van der Waals surface area contributed by atoms with Crippen LogP contribution in [0.15, 0.2) is 53.4 Å². The highest BCUT2D eigenvalue weighted by Crippen LogP contribution is 2.25. The molecule has 2 aromatic rings. The molecule has 0 aliphatic carbocycles. The Morgan fingerprint density at radius 1 is 1.24 bits per heavy atom. The number of thioether (sulfide) groups is 1. The Labute approximate surface area is 181 Å². The zero-order chi connectivity index (χ0) is 19.9. The Bertz CT molecular complexity index is 849. The van der Waals surface area contributed by atoms with Crippen LogP contribution in [-0.2, 0) is 4.79 Å². The van der Waals surface area contributed by atoms with Crippen LogP contribution in [-0.4, -0.2) is 55.3 Å². The number of hydrogen-bond donors (Lipinski definition) is 2. The second kappa shape index (κ2) is 11.1. The van der Waals surface area contributed by atoms with Crippen molar-refractivity contribution < 1.29 is 14.3 Å². The van der Waals surface area contributed by atoms with Gasteiger partial charge < -0.3 is 20.3 Å². The second-order valence-electron chi connectivity index (χ2n) is 6.67. The number of halogens is 1. The molecule has 0 bridgehead atoms. The van der Waals surface area contributed by atoms with Gasteiger partial charge in [-0.25, -0.2) is 0 Å². The third-order valence-corrected chi connectivity index (χ3v) is 5.56. The van der Waals surface area contributed by atoms with Crippen molar-refractivity contribution in [3.63, 3.8) is 0 Å². The van der Waals surface area contributed by atoms with Crippen LogP contribution in [0.4, 0.5) is 5.69 Å². The van der Waals surface area contributed by atoms with E-state index in [-0.39, 0.29) is 36.0 Å². The van der Waals surface area contributed by atoms with Gasteiger partial charge in [-0.15, -0.1) is 24.2 Å². The van der Waals surface area contributed by atoms with Gasteiger partial charge in [0.25, 0.3) is 5.91 Å². The van der Waals surface area contributed by atoms with Crippen LogP contribution in [0.1, 0.15) is 17.3 Å². The molecule has 1 aliphatic heterocycles. The summed E-state index contributed by atoms with van der Waals surface area (Å²) >= 11 is 1.37. The summed E-state index contributed by atoms with van der Waals surface area (Å²) < 4.78 is 5.17. The summed E-state index contributed by atoms with van der Waals surface area (Å²) in [5.74, 6) is 0.798. The van der Waals surface area contributed by atoms with E-state index >= 15 is 0 Å². The zero-order valence-electron chi connectivity index (χ0n) is 16.5. The lowest BCUT2D eigenvalue weighted by atomic mass is 10.1. The van der Waals surface area contributed by atoms with E-state index < -0.39 is 0 Å². The second-order valence-corrected chi connectivity index (χ2v) is 7.69. The summed E-state index contributed by atoms with van der Waals surface area (Å²) in [5.41, 5.74) is 1.33. The Morgan fingerprint density at radius 2 is 2.03 bits per heavy atom. The molecular weight excluding hydrogens is 410 g/mol. The first-order chi connectivity index (χ1) is 13.6. The van der Waals surface area contributed by atoms with Gasteiger partial charge in [-0.1, -0.05) is 18.2 Å². The van der Waals surface area contributed by atoms with Gasteiger partial charge in [0.15, 0.2) is 0 Å². The van der Waals surface area contributed by atoms with E-state index in [9.17, 15) is 9.59 Å². The van der Waals surface area contributed by atoms with Crippen LogP contribution in [0.3, 0.4) is 0 Å². The van der Waals surface area contributed by atoms with E-state index in [0.29, 0.717) is 30.1 Å². The maximum atomic E-state index is 12.9. The molecule has 3 rings (SSSR count). The quantitative estimate of drug-likeness (QED) is 0.681. The highest BCUT2D eigenvalue weighted by atomic mass is 35.5. The number of rotatable bonds is 6. The maximum absolute atomic E-state index is 12.9. The van der Waals surface area contributed by atoms with Crippen molar-refractivity contribution in [1.82, 2.24) is 10.2 Å². The number of carbonyl (C=O) groups excluding carboxylic acids is 2. The average molecular weight is 436 g/mol. The first kappa shape index (κ1) is 23.1. The number of piperazine rings is 1. The molecule has 6 nitrogen and oxygen atoms in total. The molecule has 0 radical (unpaired) electrons. The Kier molecular flexibility index (Phi) is 8.82. The van der Waals surface area contributed by atoms with Crippen LogP contribution in [0.25, 0.3) is 0 Å². The molecule has 2 amide bonds. The molecular formula is C21H26ClN3O3S. The summed E-state index contributed by atoms with van der Waals surface area (Å²) in [6, 6.07) is 15.0. The lowest BCUT2D eigenvalue weighted by molar-refractivity contribution is -0.113. The molecule has 1 fully saturated rings. The summed E-state index contributed by atoms with van der Waals surface area (Å²) in [4.78, 5) is 28.0. The molecule has 1 atom stereocenters. The Balaban J connectivity index is 0.00000300. The van der Waals surface area contributed by atoms with E-state index in [4.69, 9.17) is 4.74 Å². The average Bonchev–Trinajstić information content (AvgIpc) is 2.72. The van der Waals surface area contributed by atoms with Crippen molar-refractivity contribution in [2.75, 3.05) is 37.8 Å². The molecule has 1 unspecified atom stereocenters. The van der Waals surface area contributed by atoms with Gasteiger partial charge in [0, 0.05) is 42.3 Å². The summed E-state index contributed by atoms with van der Waals surface area (Å²) in [6.45, 7) is 4.25. The summed E-state index contributed by atoms with van der Waals surface area (Å²) in [5, 5.41) is 6.20. The molecule has 1 aliphatic rings.